The lowest BCUT2D eigenvalue weighted by Crippen LogP contribution is -2.55. The molecule has 4 N–H and O–H groups in total. The van der Waals surface area contributed by atoms with Crippen LogP contribution >= 0.6 is 0 Å². The van der Waals surface area contributed by atoms with Crippen molar-refractivity contribution in [1.82, 2.24) is 5.32 Å². The summed E-state index contributed by atoms with van der Waals surface area (Å²) < 4.78 is 16.1. The van der Waals surface area contributed by atoms with Crippen molar-refractivity contribution in [1.29, 1.82) is 10.8 Å². The molecular weight excluding hydrogens is 426 g/mol. The first-order chi connectivity index (χ1) is 15.3. The molecule has 0 aromatic heterocycles. The van der Waals surface area contributed by atoms with E-state index in [-0.39, 0.29) is 23.3 Å². The maximum absolute atomic E-state index is 12.5. The average Bonchev–Trinajstić information content (AvgIpc) is 2.72. The molecule has 33 heavy (non-hydrogen) atoms. The predicted molar refractivity (Wildman–Crippen MR) is 124 cm³/mol. The van der Waals surface area contributed by atoms with E-state index >= 15 is 0 Å². The molecule has 0 aliphatic carbocycles. The van der Waals surface area contributed by atoms with Gasteiger partial charge in [-0.2, -0.15) is 0 Å². The zero-order valence-corrected chi connectivity index (χ0v) is 19.3. The number of ether oxygens (including phenoxy) is 3. The Balaban J connectivity index is 2.34. The van der Waals surface area contributed by atoms with Crippen molar-refractivity contribution >= 4 is 23.9 Å². The summed E-state index contributed by atoms with van der Waals surface area (Å²) in [5, 5.41) is 28.9. The van der Waals surface area contributed by atoms with Crippen LogP contribution in [0.4, 0.5) is 4.79 Å². The van der Waals surface area contributed by atoms with Crippen LogP contribution in [0.3, 0.4) is 0 Å². The zero-order valence-electron chi connectivity index (χ0n) is 19.3. The summed E-state index contributed by atoms with van der Waals surface area (Å²) in [6.07, 6.45) is -0.558. The number of methoxy groups -OCH3 is 1. The van der Waals surface area contributed by atoms with Gasteiger partial charge in [0.05, 0.1) is 18.2 Å². The molecule has 0 bridgehead atoms. The fourth-order valence-electron chi connectivity index (χ4n) is 3.00. The first-order valence-electron chi connectivity index (χ1n) is 10.2. The fraction of sp³-hybridized carbons (Fsp3) is 0.333. The summed E-state index contributed by atoms with van der Waals surface area (Å²) in [4.78, 5) is 23.9. The van der Waals surface area contributed by atoms with Crippen LogP contribution in [0.5, 0.6) is 5.75 Å². The van der Waals surface area contributed by atoms with Gasteiger partial charge in [0.1, 0.15) is 16.9 Å². The highest BCUT2D eigenvalue weighted by molar-refractivity contribution is 6.05. The number of amides is 1. The highest BCUT2D eigenvalue weighted by Gasteiger charge is 2.36. The molecule has 0 saturated carbocycles. The van der Waals surface area contributed by atoms with E-state index in [0.29, 0.717) is 0 Å². The number of rotatable bonds is 7. The summed E-state index contributed by atoms with van der Waals surface area (Å²) in [6, 6.07) is 13.2. The lowest BCUT2D eigenvalue weighted by atomic mass is 9.92. The van der Waals surface area contributed by atoms with Gasteiger partial charge in [-0.05, 0) is 51.5 Å². The number of aromatic carboxylic acids is 1. The van der Waals surface area contributed by atoms with Crippen molar-refractivity contribution < 1.29 is 28.9 Å². The molecule has 0 saturated heterocycles. The molecule has 1 atom stereocenters. The van der Waals surface area contributed by atoms with Gasteiger partial charge in [-0.1, -0.05) is 30.3 Å². The van der Waals surface area contributed by atoms with Gasteiger partial charge in [-0.25, -0.2) is 9.59 Å². The fourth-order valence-corrected chi connectivity index (χ4v) is 3.00. The molecule has 0 radical (unpaired) electrons. The Labute approximate surface area is 192 Å². The smallest absolute Gasteiger partial charge is 0.408 e. The summed E-state index contributed by atoms with van der Waals surface area (Å²) in [5.74, 6) is -1.89. The van der Waals surface area contributed by atoms with E-state index in [1.54, 1.807) is 27.7 Å². The maximum Gasteiger partial charge on any atom is 0.408 e. The number of hydrogen-bond donors (Lipinski definition) is 4. The molecule has 0 fully saturated rings. The Morgan fingerprint density at radius 2 is 1.67 bits per heavy atom. The number of carbonyl (C=O) groups excluding carboxylic acids is 1. The van der Waals surface area contributed by atoms with Crippen molar-refractivity contribution in [2.45, 2.75) is 45.3 Å². The third-order valence-corrected chi connectivity index (χ3v) is 4.57. The highest BCUT2D eigenvalue weighted by atomic mass is 16.6. The predicted octanol–water partition coefficient (Wildman–Crippen LogP) is 4.24. The van der Waals surface area contributed by atoms with Crippen molar-refractivity contribution in [3.8, 4) is 5.75 Å². The molecular formula is C24H29N3O6. The van der Waals surface area contributed by atoms with E-state index in [0.717, 1.165) is 5.56 Å². The second-order valence-corrected chi connectivity index (χ2v) is 8.60. The standard InChI is InChI=1S/C24H29N3O6/c1-23(2,3)33-22(30)27-24(4,14-15-9-7-6-8-10-15)21(26)32-19(25)17-13-16(20(28)29)11-12-18(17)31-5/h6-13,25-26H,14H2,1-5H3,(H,27,30)(H,28,29). The summed E-state index contributed by atoms with van der Waals surface area (Å²) in [7, 11) is 1.38. The van der Waals surface area contributed by atoms with Crippen LogP contribution in [0, 0.1) is 10.8 Å². The van der Waals surface area contributed by atoms with Gasteiger partial charge in [0.2, 0.25) is 11.8 Å². The number of alkyl carbamates (subject to hydrolysis) is 1. The van der Waals surface area contributed by atoms with Gasteiger partial charge in [0.25, 0.3) is 0 Å². The lowest BCUT2D eigenvalue weighted by Gasteiger charge is -2.32. The van der Waals surface area contributed by atoms with E-state index in [4.69, 9.17) is 25.0 Å². The Morgan fingerprint density at radius 3 is 2.21 bits per heavy atom. The van der Waals surface area contributed by atoms with Gasteiger partial charge in [0.15, 0.2) is 0 Å². The van der Waals surface area contributed by atoms with Gasteiger partial charge in [-0.15, -0.1) is 0 Å². The van der Waals surface area contributed by atoms with E-state index < -0.39 is 35.0 Å². The van der Waals surface area contributed by atoms with Gasteiger partial charge in [0, 0.05) is 6.42 Å². The number of hydrogen-bond acceptors (Lipinski definition) is 7. The minimum Gasteiger partial charge on any atom is -0.496 e. The van der Waals surface area contributed by atoms with Gasteiger partial charge < -0.3 is 24.6 Å². The lowest BCUT2D eigenvalue weighted by molar-refractivity contribution is 0.0484. The number of benzene rings is 2. The first-order valence-corrected chi connectivity index (χ1v) is 10.2. The van der Waals surface area contributed by atoms with Crippen molar-refractivity contribution in [2.24, 2.45) is 0 Å². The number of carboxylic acid groups (broad SMARTS) is 1. The Morgan fingerprint density at radius 1 is 1.03 bits per heavy atom. The molecule has 9 nitrogen and oxygen atoms in total. The number of carboxylic acids is 1. The highest BCUT2D eigenvalue weighted by Crippen LogP contribution is 2.23. The first kappa shape index (κ1) is 25.4. The molecule has 1 unspecified atom stereocenters. The average molecular weight is 456 g/mol. The monoisotopic (exact) mass is 455 g/mol. The van der Waals surface area contributed by atoms with E-state index in [2.05, 4.69) is 5.32 Å². The molecule has 0 aliphatic heterocycles. The van der Waals surface area contributed by atoms with E-state index in [9.17, 15) is 14.7 Å². The summed E-state index contributed by atoms with van der Waals surface area (Å²) in [6.45, 7) is 6.76. The van der Waals surface area contributed by atoms with Crippen LogP contribution < -0.4 is 10.1 Å². The van der Waals surface area contributed by atoms with Crippen LogP contribution in [-0.4, -0.2) is 47.2 Å². The normalized spacial score (nSPS) is 12.8. The molecule has 0 heterocycles. The summed E-state index contributed by atoms with van der Waals surface area (Å²) in [5.41, 5.74) is -1.31. The van der Waals surface area contributed by atoms with Crippen LogP contribution in [0.25, 0.3) is 0 Å². The van der Waals surface area contributed by atoms with Crippen molar-refractivity contribution in [2.75, 3.05) is 7.11 Å². The van der Waals surface area contributed by atoms with Gasteiger partial charge in [-0.3, -0.25) is 10.8 Å². The SMILES string of the molecule is COc1ccc(C(=O)O)cc1C(=N)OC(=N)C(C)(Cc1ccccc1)NC(=O)OC(C)(C)C. The molecule has 176 valence electrons. The Hall–Kier alpha value is -3.88. The quantitative estimate of drug-likeness (QED) is 0.363. The van der Waals surface area contributed by atoms with E-state index in [1.807, 2.05) is 30.3 Å². The largest absolute Gasteiger partial charge is 0.496 e. The number of carbonyl (C=O) groups is 2. The number of nitrogens with one attached hydrogen (secondary N) is 3. The van der Waals surface area contributed by atoms with Crippen LogP contribution in [0.1, 0.15) is 49.2 Å². The molecule has 0 spiro atoms. The Bertz CT molecular complexity index is 1050. The zero-order chi connectivity index (χ0) is 24.8. The molecule has 2 aromatic carbocycles. The van der Waals surface area contributed by atoms with Crippen molar-refractivity contribution in [3.05, 3.63) is 65.2 Å². The second-order valence-electron chi connectivity index (χ2n) is 8.60. The molecule has 2 rings (SSSR count). The summed E-state index contributed by atoms with van der Waals surface area (Å²) >= 11 is 0. The molecule has 2 aromatic rings. The third-order valence-electron chi connectivity index (χ3n) is 4.57. The molecule has 1 amide bonds. The Kier molecular flexibility index (Phi) is 7.81. The van der Waals surface area contributed by atoms with Crippen LogP contribution in [0.2, 0.25) is 0 Å². The maximum atomic E-state index is 12.5. The third kappa shape index (κ3) is 7.06. The minimum atomic E-state index is -1.37. The second kappa shape index (κ2) is 10.2. The van der Waals surface area contributed by atoms with Crippen LogP contribution in [-0.2, 0) is 15.9 Å². The van der Waals surface area contributed by atoms with Gasteiger partial charge >= 0.3 is 12.1 Å². The van der Waals surface area contributed by atoms with E-state index in [1.165, 1.54) is 25.3 Å². The molecule has 0 aliphatic rings. The van der Waals surface area contributed by atoms with Crippen LogP contribution in [0.15, 0.2) is 48.5 Å². The minimum absolute atomic E-state index is 0.0569. The van der Waals surface area contributed by atoms with Crippen molar-refractivity contribution in [3.63, 3.8) is 0 Å². The topological polar surface area (TPSA) is 142 Å². The molecule has 9 heteroatoms.